The van der Waals surface area contributed by atoms with Crippen molar-refractivity contribution in [3.8, 4) is 28.7 Å². The van der Waals surface area contributed by atoms with Crippen molar-refractivity contribution >= 4 is 54.5 Å². The van der Waals surface area contributed by atoms with Gasteiger partial charge in [-0.1, -0.05) is 97.1 Å². The number of aromatic nitrogens is 4. The van der Waals surface area contributed by atoms with Crippen LogP contribution in [0, 0.1) is 0 Å². The van der Waals surface area contributed by atoms with Gasteiger partial charge in [-0.2, -0.15) is 9.97 Å². The second-order valence-corrected chi connectivity index (χ2v) is 10.5. The van der Waals surface area contributed by atoms with Crippen LogP contribution in [0.5, 0.6) is 0 Å². The fourth-order valence-corrected chi connectivity index (χ4v) is 6.05. The third-order valence-electron chi connectivity index (χ3n) is 8.05. The molecule has 0 amide bonds. The van der Waals surface area contributed by atoms with Crippen LogP contribution in [-0.2, 0) is 0 Å². The highest BCUT2D eigenvalue weighted by Gasteiger charge is 2.18. The maximum absolute atomic E-state index is 6.22. The van der Waals surface area contributed by atoms with Crippen LogP contribution in [0.15, 0.2) is 138 Å². The van der Waals surface area contributed by atoms with Crippen molar-refractivity contribution < 1.29 is 4.42 Å². The van der Waals surface area contributed by atoms with E-state index in [1.165, 1.54) is 5.39 Å². The summed E-state index contributed by atoms with van der Waals surface area (Å²) in [5.41, 5.74) is 5.57. The molecule has 0 fully saturated rings. The maximum atomic E-state index is 6.22. The molecule has 9 rings (SSSR count). The zero-order chi connectivity index (χ0) is 27.6. The van der Waals surface area contributed by atoms with Gasteiger partial charge in [0.05, 0.1) is 11.0 Å². The van der Waals surface area contributed by atoms with Gasteiger partial charge in [-0.3, -0.25) is 4.57 Å². The number of fused-ring (bicyclic) bond motifs is 7. The van der Waals surface area contributed by atoms with Crippen molar-refractivity contribution in [3.05, 3.63) is 133 Å². The average Bonchev–Trinajstić information content (AvgIpc) is 3.60. The van der Waals surface area contributed by atoms with Crippen LogP contribution in [0.4, 0.5) is 0 Å². The van der Waals surface area contributed by atoms with E-state index in [9.17, 15) is 0 Å². The number of para-hydroxylation sites is 3. The Morgan fingerprint density at radius 1 is 0.429 bits per heavy atom. The molecule has 0 aliphatic carbocycles. The van der Waals surface area contributed by atoms with Gasteiger partial charge >= 0.3 is 0 Å². The number of hydrogen-bond acceptors (Lipinski definition) is 4. The summed E-state index contributed by atoms with van der Waals surface area (Å²) in [5, 5.41) is 6.79. The van der Waals surface area contributed by atoms with Gasteiger partial charge in [0.15, 0.2) is 11.6 Å². The zero-order valence-corrected chi connectivity index (χ0v) is 22.4. The molecule has 0 spiro atoms. The molecule has 0 bridgehead atoms. The first-order chi connectivity index (χ1) is 20.8. The van der Waals surface area contributed by atoms with E-state index in [1.807, 2.05) is 24.3 Å². The molecule has 0 radical (unpaired) electrons. The normalized spacial score (nSPS) is 11.8. The summed E-state index contributed by atoms with van der Waals surface area (Å²) in [6, 6.07) is 45.8. The molecule has 0 saturated heterocycles. The Morgan fingerprint density at radius 2 is 1.00 bits per heavy atom. The minimum atomic E-state index is 0.574. The number of hydrogen-bond donors (Lipinski definition) is 0. The van der Waals surface area contributed by atoms with E-state index in [1.54, 1.807) is 0 Å². The third kappa shape index (κ3) is 3.47. The lowest BCUT2D eigenvalue weighted by Crippen LogP contribution is -2.06. The van der Waals surface area contributed by atoms with Gasteiger partial charge in [-0.15, -0.1) is 0 Å². The van der Waals surface area contributed by atoms with Crippen LogP contribution in [0.25, 0.3) is 83.2 Å². The van der Waals surface area contributed by atoms with Gasteiger partial charge in [0.2, 0.25) is 5.95 Å². The number of benzene rings is 6. The molecule has 0 N–H and O–H groups in total. The molecule has 3 aromatic heterocycles. The molecule has 5 heteroatoms. The molecule has 5 nitrogen and oxygen atoms in total. The molecule has 0 unspecified atom stereocenters. The van der Waals surface area contributed by atoms with Crippen LogP contribution in [0.2, 0.25) is 0 Å². The van der Waals surface area contributed by atoms with Crippen molar-refractivity contribution in [2.24, 2.45) is 0 Å². The molecular weight excluding hydrogens is 516 g/mol. The van der Waals surface area contributed by atoms with E-state index in [0.29, 0.717) is 17.6 Å². The van der Waals surface area contributed by atoms with Gasteiger partial charge < -0.3 is 4.42 Å². The Labute approximate surface area is 240 Å². The lowest BCUT2D eigenvalue weighted by molar-refractivity contribution is 0.669. The third-order valence-corrected chi connectivity index (χ3v) is 8.05. The summed E-state index contributed by atoms with van der Waals surface area (Å²) in [6.45, 7) is 0. The van der Waals surface area contributed by atoms with Crippen molar-refractivity contribution in [2.45, 2.75) is 0 Å². The Bertz CT molecular complexity index is 2430. The van der Waals surface area contributed by atoms with E-state index >= 15 is 0 Å². The Morgan fingerprint density at radius 3 is 1.76 bits per heavy atom. The number of rotatable bonds is 3. The minimum absolute atomic E-state index is 0.574. The van der Waals surface area contributed by atoms with Gasteiger partial charge in [-0.05, 0) is 47.2 Å². The predicted molar refractivity (Wildman–Crippen MR) is 170 cm³/mol. The minimum Gasteiger partial charge on any atom is -0.456 e. The average molecular weight is 539 g/mol. The Kier molecular flexibility index (Phi) is 4.83. The second-order valence-electron chi connectivity index (χ2n) is 10.5. The maximum Gasteiger partial charge on any atom is 0.238 e. The summed E-state index contributed by atoms with van der Waals surface area (Å²) in [7, 11) is 0. The Hall–Kier alpha value is -5.81. The molecule has 0 aliphatic heterocycles. The number of nitrogens with zero attached hydrogens (tertiary/aromatic N) is 4. The summed E-state index contributed by atoms with van der Waals surface area (Å²) >= 11 is 0. The highest BCUT2D eigenvalue weighted by Crippen LogP contribution is 2.34. The quantitative estimate of drug-likeness (QED) is 0.225. The molecule has 3 heterocycles. The summed E-state index contributed by atoms with van der Waals surface area (Å²) < 4.78 is 8.36. The lowest BCUT2D eigenvalue weighted by atomic mass is 10.1. The monoisotopic (exact) mass is 538 g/mol. The largest absolute Gasteiger partial charge is 0.456 e. The van der Waals surface area contributed by atoms with Crippen LogP contribution >= 0.6 is 0 Å². The van der Waals surface area contributed by atoms with Crippen LogP contribution in [0.1, 0.15) is 0 Å². The van der Waals surface area contributed by atoms with Crippen LogP contribution < -0.4 is 0 Å². The molecule has 6 aromatic carbocycles. The Balaban J connectivity index is 1.33. The van der Waals surface area contributed by atoms with Crippen molar-refractivity contribution in [1.82, 2.24) is 19.5 Å². The molecule has 0 atom stereocenters. The van der Waals surface area contributed by atoms with Gasteiger partial charge in [0.1, 0.15) is 11.2 Å². The van der Waals surface area contributed by atoms with Crippen molar-refractivity contribution in [2.75, 3.05) is 0 Å². The zero-order valence-electron chi connectivity index (χ0n) is 22.4. The molecule has 0 aliphatic rings. The molecule has 0 saturated carbocycles. The molecule has 42 heavy (non-hydrogen) atoms. The summed E-state index contributed by atoms with van der Waals surface area (Å²) in [5.74, 6) is 1.78. The van der Waals surface area contributed by atoms with Crippen LogP contribution in [0.3, 0.4) is 0 Å². The highest BCUT2D eigenvalue weighted by molar-refractivity contribution is 6.09. The van der Waals surface area contributed by atoms with E-state index in [-0.39, 0.29) is 0 Å². The first kappa shape index (κ1) is 22.9. The fraction of sp³-hybridized carbons (Fsp3) is 0. The second kappa shape index (κ2) is 8.85. The lowest BCUT2D eigenvalue weighted by Gasteiger charge is -2.11. The van der Waals surface area contributed by atoms with E-state index < -0.39 is 0 Å². The van der Waals surface area contributed by atoms with Crippen LogP contribution in [-0.4, -0.2) is 19.5 Å². The standard InChI is InChI=1S/C37H22N4O/c1-2-10-24-21-25(18-17-23(24)9-1)35-38-36(26-19-20-30-29-13-5-8-16-33(29)42-34(30)22-26)40-37(39-35)41-31-14-6-3-11-27(31)28-12-4-7-15-32(28)41/h1-22H. The summed E-state index contributed by atoms with van der Waals surface area (Å²) in [6.07, 6.45) is 0. The van der Waals surface area contributed by atoms with Gasteiger partial charge in [0.25, 0.3) is 0 Å². The first-order valence-corrected chi connectivity index (χ1v) is 14.0. The topological polar surface area (TPSA) is 56.7 Å². The summed E-state index contributed by atoms with van der Waals surface area (Å²) in [4.78, 5) is 15.2. The SMILES string of the molecule is c1ccc2cc(-c3nc(-c4ccc5c(c4)oc4ccccc45)nc(-n4c5ccccc5c5ccccc54)n3)ccc2c1. The number of furan rings is 1. The van der Waals surface area contributed by atoms with Crippen molar-refractivity contribution in [1.29, 1.82) is 0 Å². The highest BCUT2D eigenvalue weighted by atomic mass is 16.3. The smallest absolute Gasteiger partial charge is 0.238 e. The van der Waals surface area contributed by atoms with Gasteiger partial charge in [-0.25, -0.2) is 4.98 Å². The van der Waals surface area contributed by atoms with Gasteiger partial charge in [0, 0.05) is 32.7 Å². The van der Waals surface area contributed by atoms with E-state index in [4.69, 9.17) is 19.4 Å². The first-order valence-electron chi connectivity index (χ1n) is 14.0. The van der Waals surface area contributed by atoms with Crippen molar-refractivity contribution in [3.63, 3.8) is 0 Å². The fourth-order valence-electron chi connectivity index (χ4n) is 6.05. The molecule has 196 valence electrons. The van der Waals surface area contributed by atoms with E-state index in [0.717, 1.165) is 60.3 Å². The predicted octanol–water partition coefficient (Wildman–Crippen LogP) is 9.36. The molecule has 9 aromatic rings. The molecular formula is C37H22N4O. The van der Waals surface area contributed by atoms with E-state index in [2.05, 4.69) is 114 Å².